The Morgan fingerprint density at radius 1 is 1.08 bits per heavy atom. The molecule has 66 valence electrons. The van der Waals surface area contributed by atoms with Crippen LogP contribution in [0.1, 0.15) is 32.4 Å². The minimum Gasteiger partial charge on any atom is -0.479 e. The molecule has 0 aliphatic heterocycles. The van der Waals surface area contributed by atoms with Crippen LogP contribution in [0.15, 0.2) is 0 Å². The smallest absolute Gasteiger partial charge is 0.317 e. The van der Waals surface area contributed by atoms with Crippen molar-refractivity contribution in [2.45, 2.75) is 33.1 Å². The molecule has 0 saturated carbocycles. The molecule has 0 bridgehead atoms. The third-order valence-electron chi connectivity index (χ3n) is 1.41. The molecule has 0 unspecified atom stereocenters. The van der Waals surface area contributed by atoms with E-state index in [0.717, 1.165) is 0 Å². The number of aromatic nitrogens is 3. The lowest BCUT2D eigenvalue weighted by molar-refractivity contribution is 0.410. The van der Waals surface area contributed by atoms with Crippen molar-refractivity contribution in [3.05, 3.63) is 11.6 Å². The monoisotopic (exact) mass is 167 g/mol. The van der Waals surface area contributed by atoms with E-state index in [-0.39, 0.29) is 11.4 Å². The van der Waals surface area contributed by atoms with Gasteiger partial charge in [0.05, 0.1) is 0 Å². The average molecular weight is 167 g/mol. The van der Waals surface area contributed by atoms with Gasteiger partial charge in [-0.15, -0.1) is 0 Å². The van der Waals surface area contributed by atoms with E-state index in [1.54, 1.807) is 6.92 Å². The van der Waals surface area contributed by atoms with Crippen LogP contribution in [-0.2, 0) is 5.41 Å². The van der Waals surface area contributed by atoms with E-state index in [4.69, 9.17) is 5.11 Å². The summed E-state index contributed by atoms with van der Waals surface area (Å²) in [6, 6.07) is -0.201. The van der Waals surface area contributed by atoms with E-state index in [2.05, 4.69) is 15.0 Å². The molecule has 0 fully saturated rings. The first-order valence-corrected chi connectivity index (χ1v) is 3.82. The molecule has 0 aliphatic rings. The maximum atomic E-state index is 9.10. The Morgan fingerprint density at radius 3 is 2.08 bits per heavy atom. The van der Waals surface area contributed by atoms with Gasteiger partial charge >= 0.3 is 6.01 Å². The van der Waals surface area contributed by atoms with Gasteiger partial charge in [0.15, 0.2) is 0 Å². The molecular weight excluding hydrogens is 154 g/mol. The highest BCUT2D eigenvalue weighted by molar-refractivity contribution is 5.06. The second kappa shape index (κ2) is 2.69. The molecule has 4 heteroatoms. The Hall–Kier alpha value is -1.19. The fourth-order valence-corrected chi connectivity index (χ4v) is 0.803. The van der Waals surface area contributed by atoms with Crippen LogP contribution in [-0.4, -0.2) is 20.1 Å². The highest BCUT2D eigenvalue weighted by atomic mass is 16.3. The van der Waals surface area contributed by atoms with Crippen LogP contribution in [0.25, 0.3) is 0 Å². The summed E-state index contributed by atoms with van der Waals surface area (Å²) < 4.78 is 0. The minimum absolute atomic E-state index is 0.148. The highest BCUT2D eigenvalue weighted by Gasteiger charge is 2.18. The molecule has 0 radical (unpaired) electrons. The molecule has 1 aromatic heterocycles. The summed E-state index contributed by atoms with van der Waals surface area (Å²) in [6.45, 7) is 7.69. The Morgan fingerprint density at radius 2 is 1.67 bits per heavy atom. The van der Waals surface area contributed by atoms with Crippen LogP contribution in [0.2, 0.25) is 0 Å². The number of aryl methyl sites for hydroxylation is 1. The lowest BCUT2D eigenvalue weighted by Crippen LogP contribution is -2.17. The van der Waals surface area contributed by atoms with Gasteiger partial charge in [-0.25, -0.2) is 4.98 Å². The standard InChI is InChI=1S/C8H13N3O/c1-5-9-6(8(2,3)4)11-7(12)10-5/h1-4H3,(H,9,10,11,12). The summed E-state index contributed by atoms with van der Waals surface area (Å²) in [7, 11) is 0. The van der Waals surface area contributed by atoms with Crippen LogP contribution in [0.3, 0.4) is 0 Å². The summed E-state index contributed by atoms with van der Waals surface area (Å²) in [5, 5.41) is 9.10. The van der Waals surface area contributed by atoms with Crippen molar-refractivity contribution in [1.29, 1.82) is 0 Å². The fraction of sp³-hybridized carbons (Fsp3) is 0.625. The summed E-state index contributed by atoms with van der Waals surface area (Å²) in [4.78, 5) is 11.6. The first kappa shape index (κ1) is 8.90. The van der Waals surface area contributed by atoms with Gasteiger partial charge in [0.1, 0.15) is 11.6 Å². The maximum Gasteiger partial charge on any atom is 0.317 e. The van der Waals surface area contributed by atoms with Gasteiger partial charge in [0.25, 0.3) is 0 Å². The maximum absolute atomic E-state index is 9.10. The predicted octanol–water partition coefficient (Wildman–Crippen LogP) is 1.18. The molecule has 1 aromatic rings. The Bertz CT molecular complexity index is 271. The van der Waals surface area contributed by atoms with Gasteiger partial charge in [0.2, 0.25) is 0 Å². The highest BCUT2D eigenvalue weighted by Crippen LogP contribution is 2.18. The summed E-state index contributed by atoms with van der Waals surface area (Å²) >= 11 is 0. The van der Waals surface area contributed by atoms with Crippen LogP contribution in [0.5, 0.6) is 6.01 Å². The average Bonchev–Trinajstić information content (AvgIpc) is 1.82. The molecule has 0 saturated heterocycles. The van der Waals surface area contributed by atoms with E-state index in [1.165, 1.54) is 0 Å². The van der Waals surface area contributed by atoms with Crippen LogP contribution in [0, 0.1) is 6.92 Å². The zero-order chi connectivity index (χ0) is 9.35. The van der Waals surface area contributed by atoms with Crippen molar-refractivity contribution in [2.24, 2.45) is 0 Å². The summed E-state index contributed by atoms with van der Waals surface area (Å²) in [5.74, 6) is 1.17. The van der Waals surface area contributed by atoms with Crippen molar-refractivity contribution >= 4 is 0 Å². The van der Waals surface area contributed by atoms with Gasteiger partial charge in [-0.3, -0.25) is 0 Å². The molecule has 1 rings (SSSR count). The SMILES string of the molecule is Cc1nc(O)nc(C(C)(C)C)n1. The summed E-state index contributed by atoms with van der Waals surface area (Å²) in [5.41, 5.74) is -0.148. The molecule has 0 aromatic carbocycles. The van der Waals surface area contributed by atoms with Gasteiger partial charge in [-0.05, 0) is 6.92 Å². The molecule has 0 amide bonds. The second-order valence-electron chi connectivity index (χ2n) is 3.76. The van der Waals surface area contributed by atoms with Gasteiger partial charge in [-0.2, -0.15) is 9.97 Å². The second-order valence-corrected chi connectivity index (χ2v) is 3.76. The topological polar surface area (TPSA) is 58.9 Å². The molecule has 0 spiro atoms. The zero-order valence-corrected chi connectivity index (χ0v) is 7.79. The molecule has 1 N–H and O–H groups in total. The molecule has 0 aliphatic carbocycles. The number of rotatable bonds is 0. The van der Waals surface area contributed by atoms with Gasteiger partial charge < -0.3 is 5.11 Å². The van der Waals surface area contributed by atoms with Crippen molar-refractivity contribution in [2.75, 3.05) is 0 Å². The van der Waals surface area contributed by atoms with E-state index < -0.39 is 0 Å². The Balaban J connectivity index is 3.18. The first-order chi connectivity index (χ1) is 5.39. The molecule has 0 atom stereocenters. The van der Waals surface area contributed by atoms with Crippen molar-refractivity contribution in [1.82, 2.24) is 15.0 Å². The largest absolute Gasteiger partial charge is 0.479 e. The number of hydrogen-bond donors (Lipinski definition) is 1. The quantitative estimate of drug-likeness (QED) is 0.630. The third kappa shape index (κ3) is 1.90. The summed E-state index contributed by atoms with van der Waals surface area (Å²) in [6.07, 6.45) is 0. The van der Waals surface area contributed by atoms with E-state index >= 15 is 0 Å². The number of aromatic hydroxyl groups is 1. The van der Waals surface area contributed by atoms with E-state index in [0.29, 0.717) is 11.6 Å². The number of nitrogens with zero attached hydrogens (tertiary/aromatic N) is 3. The Labute approximate surface area is 71.7 Å². The molecule has 4 nitrogen and oxygen atoms in total. The zero-order valence-electron chi connectivity index (χ0n) is 7.79. The van der Waals surface area contributed by atoms with E-state index in [1.807, 2.05) is 20.8 Å². The van der Waals surface area contributed by atoms with Crippen LogP contribution < -0.4 is 0 Å². The van der Waals surface area contributed by atoms with Crippen molar-refractivity contribution in [3.8, 4) is 6.01 Å². The lowest BCUT2D eigenvalue weighted by atomic mass is 9.96. The van der Waals surface area contributed by atoms with Crippen molar-refractivity contribution < 1.29 is 5.11 Å². The fourth-order valence-electron chi connectivity index (χ4n) is 0.803. The van der Waals surface area contributed by atoms with Gasteiger partial charge in [0, 0.05) is 5.41 Å². The third-order valence-corrected chi connectivity index (χ3v) is 1.41. The Kier molecular flexibility index (Phi) is 2.00. The molecule has 12 heavy (non-hydrogen) atoms. The minimum atomic E-state index is -0.201. The number of hydrogen-bond acceptors (Lipinski definition) is 4. The normalized spacial score (nSPS) is 11.7. The van der Waals surface area contributed by atoms with Gasteiger partial charge in [-0.1, -0.05) is 20.8 Å². The lowest BCUT2D eigenvalue weighted by Gasteiger charge is -2.15. The van der Waals surface area contributed by atoms with E-state index in [9.17, 15) is 0 Å². The van der Waals surface area contributed by atoms with Crippen LogP contribution >= 0.6 is 0 Å². The first-order valence-electron chi connectivity index (χ1n) is 3.82. The van der Waals surface area contributed by atoms with Crippen LogP contribution in [0.4, 0.5) is 0 Å². The molecule has 1 heterocycles. The van der Waals surface area contributed by atoms with Crippen molar-refractivity contribution in [3.63, 3.8) is 0 Å². The molecular formula is C8H13N3O. The predicted molar refractivity (Wildman–Crippen MR) is 44.9 cm³/mol.